The van der Waals surface area contributed by atoms with Crippen molar-refractivity contribution >= 4 is 46.9 Å². The van der Waals surface area contributed by atoms with Gasteiger partial charge in [-0.15, -0.1) is 10.2 Å². The van der Waals surface area contributed by atoms with E-state index in [9.17, 15) is 14.7 Å². The van der Waals surface area contributed by atoms with Gasteiger partial charge in [-0.2, -0.15) is 17.7 Å². The standard InChI is InChI=1S/C19H16ClN5O4S/c1-29-8-12-15(10-2-4-11(20)5-3-10)17-22-21-16-13(25(17)23-12)6-7-24(18(16)26)14(9-30)19(27)28/h2-7,14,30H,8-9H2,1H3,(H,27,28). The van der Waals surface area contributed by atoms with E-state index in [1.54, 1.807) is 25.3 Å². The molecule has 1 aromatic carbocycles. The molecule has 0 saturated carbocycles. The van der Waals surface area contributed by atoms with Crippen LogP contribution in [0.5, 0.6) is 0 Å². The van der Waals surface area contributed by atoms with Crippen LogP contribution in [-0.2, 0) is 16.1 Å². The van der Waals surface area contributed by atoms with Crippen molar-refractivity contribution in [2.24, 2.45) is 0 Å². The van der Waals surface area contributed by atoms with Crippen LogP contribution in [0.1, 0.15) is 11.7 Å². The van der Waals surface area contributed by atoms with Crippen LogP contribution in [0.15, 0.2) is 41.3 Å². The zero-order chi connectivity index (χ0) is 21.4. The average Bonchev–Trinajstić information content (AvgIpc) is 3.09. The molecule has 0 radical (unpaired) electrons. The van der Waals surface area contributed by atoms with Crippen molar-refractivity contribution in [2.45, 2.75) is 12.6 Å². The van der Waals surface area contributed by atoms with Gasteiger partial charge in [0.25, 0.3) is 5.56 Å². The molecular weight excluding hydrogens is 430 g/mol. The summed E-state index contributed by atoms with van der Waals surface area (Å²) in [5.74, 6) is -1.20. The number of aliphatic carboxylic acids is 1. The Hall–Kier alpha value is -2.95. The SMILES string of the molecule is COCc1nn2c(nnc3c(=O)n(C(CS)C(=O)O)ccc32)c1-c1ccc(Cl)cc1. The van der Waals surface area contributed by atoms with Crippen LogP contribution in [0.25, 0.3) is 27.8 Å². The molecule has 9 nitrogen and oxygen atoms in total. The predicted octanol–water partition coefficient (Wildman–Crippen LogP) is 2.46. The van der Waals surface area contributed by atoms with Crippen molar-refractivity contribution in [3.8, 4) is 11.1 Å². The summed E-state index contributed by atoms with van der Waals surface area (Å²) in [7, 11) is 1.56. The second kappa shape index (κ2) is 8.05. The number of carboxylic acid groups (broad SMARTS) is 1. The van der Waals surface area contributed by atoms with E-state index in [0.717, 1.165) is 10.1 Å². The quantitative estimate of drug-likeness (QED) is 0.438. The number of methoxy groups -OCH3 is 1. The Kier molecular flexibility index (Phi) is 5.46. The van der Waals surface area contributed by atoms with E-state index in [0.29, 0.717) is 27.4 Å². The molecule has 0 spiro atoms. The highest BCUT2D eigenvalue weighted by molar-refractivity contribution is 7.80. The topological polar surface area (TPSA) is 112 Å². The normalized spacial score (nSPS) is 12.5. The molecule has 154 valence electrons. The number of hydrogen-bond donors (Lipinski definition) is 2. The van der Waals surface area contributed by atoms with Gasteiger partial charge in [-0.1, -0.05) is 23.7 Å². The smallest absolute Gasteiger partial charge is 0.327 e. The zero-order valence-electron chi connectivity index (χ0n) is 15.7. The number of pyridine rings is 1. The zero-order valence-corrected chi connectivity index (χ0v) is 17.3. The van der Waals surface area contributed by atoms with E-state index in [2.05, 4.69) is 27.9 Å². The Bertz CT molecular complexity index is 1320. The first-order valence-electron chi connectivity index (χ1n) is 8.84. The molecule has 11 heteroatoms. The lowest BCUT2D eigenvalue weighted by molar-refractivity contribution is -0.140. The maximum absolute atomic E-state index is 12.9. The molecular formula is C19H16ClN5O4S. The Labute approximate surface area is 180 Å². The summed E-state index contributed by atoms with van der Waals surface area (Å²) in [5, 5.41) is 22.8. The number of ether oxygens (including phenoxy) is 1. The first-order chi connectivity index (χ1) is 14.5. The lowest BCUT2D eigenvalue weighted by atomic mass is 10.1. The molecule has 4 rings (SSSR count). The van der Waals surface area contributed by atoms with Crippen molar-refractivity contribution in [1.82, 2.24) is 24.4 Å². The molecule has 0 amide bonds. The second-order valence-corrected chi connectivity index (χ2v) is 7.30. The summed E-state index contributed by atoms with van der Waals surface area (Å²) in [4.78, 5) is 24.3. The number of rotatable bonds is 6. The molecule has 3 heterocycles. The number of benzene rings is 1. The predicted molar refractivity (Wildman–Crippen MR) is 114 cm³/mol. The summed E-state index contributed by atoms with van der Waals surface area (Å²) >= 11 is 10.0. The van der Waals surface area contributed by atoms with Crippen LogP contribution in [0.4, 0.5) is 0 Å². The summed E-state index contributed by atoms with van der Waals surface area (Å²) in [6.07, 6.45) is 1.40. The fourth-order valence-corrected chi connectivity index (χ4v) is 3.74. The Balaban J connectivity index is 2.00. The average molecular weight is 446 g/mol. The van der Waals surface area contributed by atoms with Crippen molar-refractivity contribution in [1.29, 1.82) is 0 Å². The number of nitrogens with zero attached hydrogens (tertiary/aromatic N) is 5. The van der Waals surface area contributed by atoms with Crippen molar-refractivity contribution in [3.05, 3.63) is 57.6 Å². The summed E-state index contributed by atoms with van der Waals surface area (Å²) in [5.41, 5.74) is 2.42. The van der Waals surface area contributed by atoms with Crippen LogP contribution in [0, 0.1) is 0 Å². The molecule has 0 aliphatic heterocycles. The number of carbonyl (C=O) groups is 1. The van der Waals surface area contributed by atoms with Crippen molar-refractivity contribution in [2.75, 3.05) is 12.9 Å². The molecule has 0 fully saturated rings. The van der Waals surface area contributed by atoms with Crippen molar-refractivity contribution < 1.29 is 14.6 Å². The largest absolute Gasteiger partial charge is 0.480 e. The van der Waals surface area contributed by atoms with Crippen LogP contribution in [0.2, 0.25) is 5.02 Å². The highest BCUT2D eigenvalue weighted by Gasteiger charge is 2.23. The number of thiol groups is 1. The Morgan fingerprint density at radius 1 is 1.27 bits per heavy atom. The van der Waals surface area contributed by atoms with E-state index in [4.69, 9.17) is 16.3 Å². The highest BCUT2D eigenvalue weighted by atomic mass is 35.5. The summed E-state index contributed by atoms with van der Waals surface area (Å²) in [6, 6.07) is 7.67. The van der Waals surface area contributed by atoms with Crippen LogP contribution >= 0.6 is 24.2 Å². The minimum Gasteiger partial charge on any atom is -0.480 e. The molecule has 30 heavy (non-hydrogen) atoms. The van der Waals surface area contributed by atoms with E-state index >= 15 is 0 Å². The maximum Gasteiger partial charge on any atom is 0.327 e. The number of carboxylic acids is 1. The van der Waals surface area contributed by atoms with Crippen LogP contribution in [-0.4, -0.2) is 48.3 Å². The third kappa shape index (κ3) is 3.32. The first kappa shape index (κ1) is 20.3. The van der Waals surface area contributed by atoms with Gasteiger partial charge in [0.05, 0.1) is 17.9 Å². The van der Waals surface area contributed by atoms with E-state index < -0.39 is 17.6 Å². The van der Waals surface area contributed by atoms with E-state index in [-0.39, 0.29) is 17.9 Å². The minimum absolute atomic E-state index is 0.00663. The van der Waals surface area contributed by atoms with Gasteiger partial charge in [-0.05, 0) is 23.8 Å². The van der Waals surface area contributed by atoms with E-state index in [1.807, 2.05) is 12.1 Å². The monoisotopic (exact) mass is 445 g/mol. The fraction of sp³-hybridized carbons (Fsp3) is 0.211. The van der Waals surface area contributed by atoms with Crippen molar-refractivity contribution in [3.63, 3.8) is 0 Å². The molecule has 1 unspecified atom stereocenters. The molecule has 0 aliphatic rings. The fourth-order valence-electron chi connectivity index (χ4n) is 3.29. The second-order valence-electron chi connectivity index (χ2n) is 6.50. The number of aromatic nitrogens is 5. The van der Waals surface area contributed by atoms with Gasteiger partial charge in [-0.25, -0.2) is 9.31 Å². The molecule has 4 aromatic rings. The Morgan fingerprint density at radius 3 is 2.63 bits per heavy atom. The number of halogens is 1. The summed E-state index contributed by atoms with van der Waals surface area (Å²) < 4.78 is 7.88. The third-order valence-corrected chi connectivity index (χ3v) is 5.28. The van der Waals surface area contributed by atoms with Crippen LogP contribution < -0.4 is 5.56 Å². The van der Waals surface area contributed by atoms with Gasteiger partial charge < -0.3 is 9.84 Å². The van der Waals surface area contributed by atoms with Crippen LogP contribution in [0.3, 0.4) is 0 Å². The molecule has 1 N–H and O–H groups in total. The molecule has 1 atom stereocenters. The summed E-state index contributed by atoms with van der Waals surface area (Å²) in [6.45, 7) is 0.223. The maximum atomic E-state index is 12.9. The lowest BCUT2D eigenvalue weighted by Crippen LogP contribution is -2.31. The Morgan fingerprint density at radius 2 is 2.00 bits per heavy atom. The van der Waals surface area contributed by atoms with Gasteiger partial charge in [0.15, 0.2) is 11.2 Å². The number of fused-ring (bicyclic) bond motifs is 3. The minimum atomic E-state index is -1.16. The molecule has 0 saturated heterocycles. The van der Waals surface area contributed by atoms with Gasteiger partial charge in [0.2, 0.25) is 0 Å². The molecule has 3 aromatic heterocycles. The van der Waals surface area contributed by atoms with Gasteiger partial charge in [0, 0.05) is 24.1 Å². The van der Waals surface area contributed by atoms with E-state index in [1.165, 1.54) is 10.7 Å². The molecule has 0 aliphatic carbocycles. The highest BCUT2D eigenvalue weighted by Crippen LogP contribution is 2.30. The lowest BCUT2D eigenvalue weighted by Gasteiger charge is -2.13. The van der Waals surface area contributed by atoms with Gasteiger partial charge >= 0.3 is 5.97 Å². The number of hydrogen-bond acceptors (Lipinski definition) is 7. The third-order valence-electron chi connectivity index (χ3n) is 4.69. The van der Waals surface area contributed by atoms with Gasteiger partial charge in [-0.3, -0.25) is 9.36 Å². The molecule has 0 bridgehead atoms. The van der Waals surface area contributed by atoms with Gasteiger partial charge in [0.1, 0.15) is 11.6 Å². The first-order valence-corrected chi connectivity index (χ1v) is 9.85.